The first-order valence-corrected chi connectivity index (χ1v) is 10.8. The Morgan fingerprint density at radius 2 is 1.19 bits per heavy atom. The van der Waals surface area contributed by atoms with Gasteiger partial charge in [0.15, 0.2) is 0 Å². The Morgan fingerprint density at radius 1 is 0.484 bits per heavy atom. The molecule has 0 saturated carbocycles. The van der Waals surface area contributed by atoms with E-state index >= 15 is 0 Å². The summed E-state index contributed by atoms with van der Waals surface area (Å²) in [5.74, 6) is 0. The van der Waals surface area contributed by atoms with Crippen molar-refractivity contribution >= 4 is 70.7 Å². The highest BCUT2D eigenvalue weighted by Gasteiger charge is 2.21. The fraction of sp³-hybridized carbons (Fsp3) is 0.0345. The number of nitrogens with zero attached hydrogens (tertiary/aromatic N) is 2. The van der Waals surface area contributed by atoms with Gasteiger partial charge in [0.05, 0.1) is 22.1 Å². The fourth-order valence-corrected chi connectivity index (χ4v) is 5.89. The maximum atomic E-state index is 2.51. The number of para-hydroxylation sites is 1. The van der Waals surface area contributed by atoms with Gasteiger partial charge in [-0.2, -0.15) is 0 Å². The molecule has 0 bridgehead atoms. The Kier molecular flexibility index (Phi) is 2.62. The molecule has 0 fully saturated rings. The molecule has 5 aromatic carbocycles. The molecule has 0 aliphatic carbocycles. The number of benzene rings is 5. The Morgan fingerprint density at radius 3 is 2.10 bits per heavy atom. The minimum Gasteiger partial charge on any atom is -0.344 e. The van der Waals surface area contributed by atoms with Crippen molar-refractivity contribution in [3.8, 4) is 0 Å². The molecule has 2 heteroatoms. The van der Waals surface area contributed by atoms with Crippen molar-refractivity contribution in [1.29, 1.82) is 0 Å². The number of aromatic nitrogens is 2. The predicted molar refractivity (Wildman–Crippen MR) is 133 cm³/mol. The van der Waals surface area contributed by atoms with Crippen LogP contribution in [0.25, 0.3) is 70.7 Å². The summed E-state index contributed by atoms with van der Waals surface area (Å²) in [6, 6.07) is 33.6. The number of fused-ring (bicyclic) bond motifs is 7. The van der Waals surface area contributed by atoms with Crippen LogP contribution in [0.3, 0.4) is 0 Å². The van der Waals surface area contributed by atoms with Crippen LogP contribution in [0, 0.1) is 0 Å². The van der Waals surface area contributed by atoms with Gasteiger partial charge in [-0.3, -0.25) is 0 Å². The van der Waals surface area contributed by atoms with Gasteiger partial charge in [-0.1, -0.05) is 60.7 Å². The Hall–Kier alpha value is -4.04. The highest BCUT2D eigenvalue weighted by Crippen LogP contribution is 2.44. The summed E-state index contributed by atoms with van der Waals surface area (Å²) in [5.41, 5.74) is 6.44. The standard InChI is InChI=1S/C29H18N2/c1-30-24-12-6-10-20-22-15-17-7-2-3-8-18(17)16-26(22)31-23-11-5-4-9-19(23)21-13-14-25(30)28(27(20)24)29(21)31/h2-16H,1H3. The fourth-order valence-electron chi connectivity index (χ4n) is 5.89. The van der Waals surface area contributed by atoms with E-state index in [1.807, 2.05) is 0 Å². The summed E-state index contributed by atoms with van der Waals surface area (Å²) in [5, 5.41) is 10.6. The largest absolute Gasteiger partial charge is 0.344 e. The van der Waals surface area contributed by atoms with E-state index in [4.69, 9.17) is 0 Å². The first-order valence-electron chi connectivity index (χ1n) is 10.8. The van der Waals surface area contributed by atoms with Crippen molar-refractivity contribution in [3.63, 3.8) is 0 Å². The van der Waals surface area contributed by atoms with E-state index in [0.717, 1.165) is 0 Å². The van der Waals surface area contributed by atoms with Crippen LogP contribution in [0.4, 0.5) is 0 Å². The second-order valence-corrected chi connectivity index (χ2v) is 8.68. The van der Waals surface area contributed by atoms with Gasteiger partial charge in [0.25, 0.3) is 0 Å². The predicted octanol–water partition coefficient (Wildman–Crippen LogP) is 7.63. The van der Waals surface area contributed by atoms with E-state index in [1.54, 1.807) is 0 Å². The van der Waals surface area contributed by atoms with Crippen LogP contribution in [0.5, 0.6) is 0 Å². The molecule has 0 aliphatic heterocycles. The van der Waals surface area contributed by atoms with E-state index in [0.29, 0.717) is 0 Å². The molecule has 0 radical (unpaired) electrons. The number of rotatable bonds is 0. The highest BCUT2D eigenvalue weighted by molar-refractivity contribution is 6.33. The first-order chi connectivity index (χ1) is 15.3. The lowest BCUT2D eigenvalue weighted by Crippen LogP contribution is -1.89. The van der Waals surface area contributed by atoms with Crippen LogP contribution in [0.2, 0.25) is 0 Å². The van der Waals surface area contributed by atoms with Crippen LogP contribution in [-0.2, 0) is 7.05 Å². The van der Waals surface area contributed by atoms with Crippen LogP contribution in [-0.4, -0.2) is 8.97 Å². The molecule has 0 unspecified atom stereocenters. The molecule has 3 aromatic heterocycles. The normalized spacial score (nSPS) is 12.7. The molecule has 31 heavy (non-hydrogen) atoms. The van der Waals surface area contributed by atoms with Crippen LogP contribution < -0.4 is 0 Å². The average molecular weight is 394 g/mol. The van der Waals surface area contributed by atoms with Crippen molar-refractivity contribution in [2.24, 2.45) is 7.05 Å². The van der Waals surface area contributed by atoms with E-state index in [-0.39, 0.29) is 0 Å². The van der Waals surface area contributed by atoms with Crippen molar-refractivity contribution in [1.82, 2.24) is 8.97 Å². The van der Waals surface area contributed by atoms with E-state index in [9.17, 15) is 0 Å². The summed E-state index contributed by atoms with van der Waals surface area (Å²) in [6.07, 6.45) is 0. The molecule has 0 atom stereocenters. The lowest BCUT2D eigenvalue weighted by Gasteiger charge is -2.06. The van der Waals surface area contributed by atoms with Gasteiger partial charge in [0, 0.05) is 39.5 Å². The average Bonchev–Trinajstić information content (AvgIpc) is 3.26. The van der Waals surface area contributed by atoms with Crippen molar-refractivity contribution in [2.45, 2.75) is 0 Å². The second kappa shape index (κ2) is 5.16. The molecule has 0 saturated heterocycles. The van der Waals surface area contributed by atoms with Gasteiger partial charge in [-0.15, -0.1) is 0 Å². The topological polar surface area (TPSA) is 9.34 Å². The molecular weight excluding hydrogens is 376 g/mol. The minimum absolute atomic E-state index is 1.27. The molecule has 144 valence electrons. The highest BCUT2D eigenvalue weighted by atomic mass is 15.0. The Labute approximate surface area is 177 Å². The summed E-state index contributed by atoms with van der Waals surface area (Å²) in [6.45, 7) is 0. The Bertz CT molecular complexity index is 2000. The van der Waals surface area contributed by atoms with Gasteiger partial charge in [-0.05, 0) is 46.5 Å². The van der Waals surface area contributed by atoms with Gasteiger partial charge in [0.1, 0.15) is 0 Å². The van der Waals surface area contributed by atoms with Crippen LogP contribution in [0.15, 0.2) is 91.0 Å². The summed E-state index contributed by atoms with van der Waals surface area (Å²) < 4.78 is 4.86. The summed E-state index contributed by atoms with van der Waals surface area (Å²) >= 11 is 0. The van der Waals surface area contributed by atoms with Gasteiger partial charge < -0.3 is 8.97 Å². The van der Waals surface area contributed by atoms with Crippen LogP contribution >= 0.6 is 0 Å². The molecule has 0 N–H and O–H groups in total. The number of aryl methyl sites for hydroxylation is 1. The first kappa shape index (κ1) is 15.8. The third-order valence-electron chi connectivity index (χ3n) is 7.22. The molecule has 8 aromatic rings. The number of hydrogen-bond acceptors (Lipinski definition) is 0. The second-order valence-electron chi connectivity index (χ2n) is 8.68. The molecular formula is C29H18N2. The van der Waals surface area contributed by atoms with Gasteiger partial charge in [-0.25, -0.2) is 0 Å². The van der Waals surface area contributed by atoms with E-state index < -0.39 is 0 Å². The maximum absolute atomic E-state index is 2.51. The molecule has 3 heterocycles. The summed E-state index contributed by atoms with van der Waals surface area (Å²) in [7, 11) is 2.19. The van der Waals surface area contributed by atoms with Crippen molar-refractivity contribution < 1.29 is 0 Å². The molecule has 8 rings (SSSR count). The number of hydrogen-bond donors (Lipinski definition) is 0. The third kappa shape index (κ3) is 1.72. The third-order valence-corrected chi connectivity index (χ3v) is 7.22. The minimum atomic E-state index is 1.27. The van der Waals surface area contributed by atoms with Gasteiger partial charge >= 0.3 is 0 Å². The van der Waals surface area contributed by atoms with Gasteiger partial charge in [0.2, 0.25) is 0 Å². The van der Waals surface area contributed by atoms with E-state index in [1.165, 1.54) is 70.7 Å². The maximum Gasteiger partial charge on any atom is 0.0641 e. The molecule has 0 aliphatic rings. The van der Waals surface area contributed by atoms with Crippen molar-refractivity contribution in [2.75, 3.05) is 0 Å². The summed E-state index contributed by atoms with van der Waals surface area (Å²) in [4.78, 5) is 0. The molecule has 0 spiro atoms. The monoisotopic (exact) mass is 394 g/mol. The molecule has 0 amide bonds. The smallest absolute Gasteiger partial charge is 0.0641 e. The zero-order valence-corrected chi connectivity index (χ0v) is 17.1. The Balaban J connectivity index is 1.90. The molecule has 2 nitrogen and oxygen atoms in total. The van der Waals surface area contributed by atoms with E-state index in [2.05, 4.69) is 107 Å². The zero-order chi connectivity index (χ0) is 20.3. The quantitative estimate of drug-likeness (QED) is 0.250. The zero-order valence-electron chi connectivity index (χ0n) is 17.1. The SMILES string of the molecule is Cn1c2cccc3c4cc5ccccc5cc4n4c5ccccc5c5ccc1c(c32)c54. The van der Waals surface area contributed by atoms with Crippen molar-refractivity contribution in [3.05, 3.63) is 91.0 Å². The lowest BCUT2D eigenvalue weighted by atomic mass is 10.0. The van der Waals surface area contributed by atoms with Crippen LogP contribution in [0.1, 0.15) is 0 Å². The lowest BCUT2D eigenvalue weighted by molar-refractivity contribution is 1.01.